The lowest BCUT2D eigenvalue weighted by Crippen LogP contribution is -2.41. The summed E-state index contributed by atoms with van der Waals surface area (Å²) in [6, 6.07) is 13.3. The molecule has 8 heteroatoms. The van der Waals surface area contributed by atoms with E-state index in [2.05, 4.69) is 15.8 Å². The minimum atomic E-state index is -0.665. The first kappa shape index (κ1) is 18.5. The molecule has 0 radical (unpaired) electrons. The van der Waals surface area contributed by atoms with Crippen LogP contribution in [0.5, 0.6) is 5.75 Å². The van der Waals surface area contributed by atoms with Crippen LogP contribution in [-0.2, 0) is 0 Å². The van der Waals surface area contributed by atoms with Gasteiger partial charge in [0.05, 0.1) is 12.8 Å². The Bertz CT molecular complexity index is 989. The highest BCUT2D eigenvalue weighted by atomic mass is 32.1. The van der Waals surface area contributed by atoms with Gasteiger partial charge >= 0.3 is 0 Å². The van der Waals surface area contributed by atoms with E-state index in [1.165, 1.54) is 30.6 Å². The topological polar surface area (TPSA) is 80.3 Å². The Labute approximate surface area is 159 Å². The maximum atomic E-state index is 13.7. The van der Waals surface area contributed by atoms with Gasteiger partial charge < -0.3 is 4.74 Å². The lowest BCUT2D eigenvalue weighted by atomic mass is 10.2. The monoisotopic (exact) mass is 385 g/mol. The maximum Gasteiger partial charge on any atom is 0.281 e. The molecule has 2 N–H and O–H groups in total. The van der Waals surface area contributed by atoms with Gasteiger partial charge in [0, 0.05) is 11.1 Å². The van der Waals surface area contributed by atoms with E-state index >= 15 is 0 Å². The van der Waals surface area contributed by atoms with Crippen LogP contribution in [0.2, 0.25) is 0 Å². The molecular formula is C19H16FN3O3S. The van der Waals surface area contributed by atoms with Crippen molar-refractivity contribution in [3.8, 4) is 16.3 Å². The van der Waals surface area contributed by atoms with Crippen LogP contribution in [-0.4, -0.2) is 23.9 Å². The van der Waals surface area contributed by atoms with E-state index in [4.69, 9.17) is 4.74 Å². The van der Waals surface area contributed by atoms with Crippen molar-refractivity contribution < 1.29 is 18.7 Å². The van der Waals surface area contributed by atoms with E-state index in [1.54, 1.807) is 6.92 Å². The fraction of sp³-hybridized carbons (Fsp3) is 0.105. The van der Waals surface area contributed by atoms with Crippen LogP contribution < -0.4 is 15.6 Å². The average Bonchev–Trinajstić information content (AvgIpc) is 3.08. The largest absolute Gasteiger partial charge is 0.494 e. The molecule has 2 aromatic carbocycles. The number of aryl methyl sites for hydroxylation is 1. The van der Waals surface area contributed by atoms with Crippen LogP contribution in [0.3, 0.4) is 0 Å². The van der Waals surface area contributed by atoms with E-state index in [-0.39, 0.29) is 11.3 Å². The lowest BCUT2D eigenvalue weighted by molar-refractivity contribution is 0.0848. The molecule has 138 valence electrons. The molecule has 0 aliphatic heterocycles. The van der Waals surface area contributed by atoms with E-state index in [0.29, 0.717) is 15.6 Å². The zero-order chi connectivity index (χ0) is 19.4. The minimum Gasteiger partial charge on any atom is -0.494 e. The molecule has 0 aliphatic carbocycles. The number of halogens is 1. The van der Waals surface area contributed by atoms with E-state index in [0.717, 1.165) is 11.6 Å². The molecule has 0 spiro atoms. The molecule has 0 atom stereocenters. The molecule has 0 saturated heterocycles. The van der Waals surface area contributed by atoms with Gasteiger partial charge in [-0.2, -0.15) is 0 Å². The van der Waals surface area contributed by atoms with Crippen molar-refractivity contribution in [1.82, 2.24) is 15.8 Å². The fourth-order valence-electron chi connectivity index (χ4n) is 2.36. The summed E-state index contributed by atoms with van der Waals surface area (Å²) in [6.45, 7) is 1.72. The van der Waals surface area contributed by atoms with Gasteiger partial charge in [0.25, 0.3) is 11.8 Å². The second-order valence-corrected chi connectivity index (χ2v) is 6.56. The van der Waals surface area contributed by atoms with Gasteiger partial charge in [0.1, 0.15) is 9.88 Å². The number of benzene rings is 2. The van der Waals surface area contributed by atoms with Gasteiger partial charge in [-0.3, -0.25) is 20.4 Å². The Kier molecular flexibility index (Phi) is 5.46. The second-order valence-electron chi connectivity index (χ2n) is 5.56. The molecule has 3 rings (SSSR count). The molecule has 0 aliphatic rings. The molecule has 1 aromatic heterocycles. The second kappa shape index (κ2) is 7.96. The molecule has 0 saturated carbocycles. The van der Waals surface area contributed by atoms with Crippen molar-refractivity contribution in [1.29, 1.82) is 0 Å². The molecule has 27 heavy (non-hydrogen) atoms. The molecule has 1 heterocycles. The number of methoxy groups -OCH3 is 1. The Morgan fingerprint density at radius 1 is 1.07 bits per heavy atom. The average molecular weight is 385 g/mol. The third-order valence-corrected chi connectivity index (χ3v) is 4.93. The van der Waals surface area contributed by atoms with Gasteiger partial charge in [0.2, 0.25) is 0 Å². The molecule has 3 aromatic rings. The van der Waals surface area contributed by atoms with Gasteiger partial charge in [-0.1, -0.05) is 30.3 Å². The zero-order valence-corrected chi connectivity index (χ0v) is 15.4. The summed E-state index contributed by atoms with van der Waals surface area (Å²) in [4.78, 5) is 29.2. The Morgan fingerprint density at radius 3 is 2.44 bits per heavy atom. The highest BCUT2D eigenvalue weighted by molar-refractivity contribution is 7.17. The quantitative estimate of drug-likeness (QED) is 0.675. The summed E-state index contributed by atoms with van der Waals surface area (Å²) in [6.07, 6.45) is 0. The van der Waals surface area contributed by atoms with Crippen LogP contribution in [0.15, 0.2) is 48.5 Å². The predicted molar refractivity (Wildman–Crippen MR) is 100 cm³/mol. The van der Waals surface area contributed by atoms with Gasteiger partial charge in [-0.15, -0.1) is 11.3 Å². The van der Waals surface area contributed by atoms with Crippen LogP contribution in [0.4, 0.5) is 4.39 Å². The van der Waals surface area contributed by atoms with Crippen LogP contribution >= 0.6 is 11.3 Å². The Morgan fingerprint density at radius 2 is 1.78 bits per heavy atom. The first-order valence-corrected chi connectivity index (χ1v) is 8.78. The summed E-state index contributed by atoms with van der Waals surface area (Å²) in [5.41, 5.74) is 6.12. The number of nitrogens with zero attached hydrogens (tertiary/aromatic N) is 1. The number of hydrogen-bond acceptors (Lipinski definition) is 5. The van der Waals surface area contributed by atoms with Gasteiger partial charge in [-0.25, -0.2) is 9.37 Å². The highest BCUT2D eigenvalue weighted by Gasteiger charge is 2.17. The van der Waals surface area contributed by atoms with E-state index < -0.39 is 17.6 Å². The van der Waals surface area contributed by atoms with Crippen molar-refractivity contribution in [2.75, 3.05) is 7.11 Å². The fourth-order valence-corrected chi connectivity index (χ4v) is 3.33. The number of ether oxygens (including phenoxy) is 1. The summed E-state index contributed by atoms with van der Waals surface area (Å²) in [7, 11) is 1.33. The first-order valence-electron chi connectivity index (χ1n) is 7.96. The Hall–Kier alpha value is -3.26. The smallest absolute Gasteiger partial charge is 0.281 e. The number of rotatable bonds is 4. The maximum absolute atomic E-state index is 13.7. The summed E-state index contributed by atoms with van der Waals surface area (Å²) < 4.78 is 18.5. The molecule has 0 fully saturated rings. The number of thiazole rings is 1. The van der Waals surface area contributed by atoms with Gasteiger partial charge in [0.15, 0.2) is 11.6 Å². The number of amides is 2. The predicted octanol–water partition coefficient (Wildman–Crippen LogP) is 3.34. The van der Waals surface area contributed by atoms with Gasteiger partial charge in [-0.05, 0) is 25.1 Å². The standard InChI is InChI=1S/C19H16FN3O3S/c1-11-16(27-19(21-11)12-6-4-3-5-7-12)18(25)23-22-17(24)13-8-9-15(26-2)14(20)10-13/h3-10H,1-2H3,(H,22,24)(H,23,25). The minimum absolute atomic E-state index is 0.0318. The number of hydrazine groups is 1. The zero-order valence-electron chi connectivity index (χ0n) is 14.6. The normalized spacial score (nSPS) is 10.3. The third-order valence-electron chi connectivity index (χ3n) is 3.73. The molecule has 0 unspecified atom stereocenters. The first-order chi connectivity index (χ1) is 13.0. The number of carbonyl (C=O) groups is 2. The van der Waals surface area contributed by atoms with Crippen molar-refractivity contribution >= 4 is 23.2 Å². The molecule has 6 nitrogen and oxygen atoms in total. The number of nitrogens with one attached hydrogen (secondary N) is 2. The summed E-state index contributed by atoms with van der Waals surface area (Å²) in [5, 5.41) is 0.710. The molecular weight excluding hydrogens is 369 g/mol. The van der Waals surface area contributed by atoms with Crippen molar-refractivity contribution in [3.05, 3.63) is 70.5 Å². The van der Waals surface area contributed by atoms with Crippen molar-refractivity contribution in [2.24, 2.45) is 0 Å². The number of carbonyl (C=O) groups excluding carboxylic acids is 2. The lowest BCUT2D eigenvalue weighted by Gasteiger charge is -2.08. The number of hydrogen-bond donors (Lipinski definition) is 2. The van der Waals surface area contributed by atoms with Crippen LogP contribution in [0.1, 0.15) is 25.7 Å². The van der Waals surface area contributed by atoms with E-state index in [9.17, 15) is 14.0 Å². The number of aromatic nitrogens is 1. The van der Waals surface area contributed by atoms with Crippen molar-refractivity contribution in [2.45, 2.75) is 6.92 Å². The highest BCUT2D eigenvalue weighted by Crippen LogP contribution is 2.27. The summed E-state index contributed by atoms with van der Waals surface area (Å²) in [5.74, 6) is -1.77. The summed E-state index contributed by atoms with van der Waals surface area (Å²) >= 11 is 1.22. The van der Waals surface area contributed by atoms with Crippen molar-refractivity contribution in [3.63, 3.8) is 0 Å². The molecule has 0 bridgehead atoms. The SMILES string of the molecule is COc1ccc(C(=O)NNC(=O)c2sc(-c3ccccc3)nc2C)cc1F. The van der Waals surface area contributed by atoms with Crippen LogP contribution in [0.25, 0.3) is 10.6 Å². The molecule has 2 amide bonds. The van der Waals surface area contributed by atoms with E-state index in [1.807, 2.05) is 30.3 Å². The van der Waals surface area contributed by atoms with Crippen LogP contribution in [0, 0.1) is 12.7 Å². The Balaban J connectivity index is 1.68. The third kappa shape index (κ3) is 4.12.